The van der Waals surface area contributed by atoms with Gasteiger partial charge in [0.05, 0.1) is 0 Å². The molecule has 2 N–H and O–H groups in total. The molecule has 20 heavy (non-hydrogen) atoms. The minimum Gasteiger partial charge on any atom is -0.480 e. The number of carboxylic acids is 1. The highest BCUT2D eigenvalue weighted by Crippen LogP contribution is 2.09. The molecule has 0 spiro atoms. The van der Waals surface area contributed by atoms with Crippen LogP contribution in [0.25, 0.3) is 0 Å². The number of hydrogen-bond donors (Lipinski definition) is 2. The number of carbonyl (C=O) groups excluding carboxylic acids is 1. The summed E-state index contributed by atoms with van der Waals surface area (Å²) in [5, 5.41) is 11.9. The third-order valence-corrected chi connectivity index (χ3v) is 3.52. The third kappa shape index (κ3) is 3.98. The van der Waals surface area contributed by atoms with Gasteiger partial charge >= 0.3 is 12.0 Å². The molecule has 0 radical (unpaired) electrons. The van der Waals surface area contributed by atoms with Crippen LogP contribution in [0.15, 0.2) is 30.3 Å². The van der Waals surface area contributed by atoms with Gasteiger partial charge in [0.1, 0.15) is 6.04 Å². The van der Waals surface area contributed by atoms with Crippen molar-refractivity contribution in [3.63, 3.8) is 0 Å². The van der Waals surface area contributed by atoms with Crippen molar-refractivity contribution in [2.45, 2.75) is 31.7 Å². The zero-order chi connectivity index (χ0) is 14.4. The van der Waals surface area contributed by atoms with Crippen LogP contribution in [-0.4, -0.2) is 41.1 Å². The molecule has 1 aliphatic rings. The number of likely N-dealkylation sites (tertiary alicyclic amines) is 1. The minimum absolute atomic E-state index is 0.270. The minimum atomic E-state index is -1.00. The number of urea groups is 1. The molecule has 0 unspecified atom stereocenters. The van der Waals surface area contributed by atoms with Crippen LogP contribution in [0.4, 0.5) is 4.79 Å². The summed E-state index contributed by atoms with van der Waals surface area (Å²) >= 11 is 0. The zero-order valence-corrected chi connectivity index (χ0v) is 11.4. The first-order chi connectivity index (χ1) is 9.66. The normalized spacial score (nSPS) is 16.5. The topological polar surface area (TPSA) is 69.6 Å². The molecule has 5 heteroatoms. The van der Waals surface area contributed by atoms with Crippen LogP contribution in [0, 0.1) is 0 Å². The Morgan fingerprint density at radius 2 is 1.80 bits per heavy atom. The van der Waals surface area contributed by atoms with Gasteiger partial charge in [-0.1, -0.05) is 30.3 Å². The third-order valence-electron chi connectivity index (χ3n) is 3.52. The first kappa shape index (κ1) is 14.4. The predicted molar refractivity (Wildman–Crippen MR) is 75.5 cm³/mol. The monoisotopic (exact) mass is 276 g/mol. The van der Waals surface area contributed by atoms with E-state index in [0.29, 0.717) is 19.5 Å². The standard InChI is InChI=1S/C15H20N2O3/c18-14(19)13(11-12-7-3-1-4-8-12)16-15(20)17-9-5-2-6-10-17/h1,3-4,7-8,13H,2,5-6,9-11H2,(H,16,20)(H,18,19)/t13-/m1/s1. The summed E-state index contributed by atoms with van der Waals surface area (Å²) in [5.74, 6) is -1.00. The van der Waals surface area contributed by atoms with Gasteiger partial charge in [0, 0.05) is 19.5 Å². The number of piperidine rings is 1. The highest BCUT2D eigenvalue weighted by Gasteiger charge is 2.24. The second-order valence-electron chi connectivity index (χ2n) is 5.08. The van der Waals surface area contributed by atoms with Gasteiger partial charge in [0.25, 0.3) is 0 Å². The van der Waals surface area contributed by atoms with E-state index in [2.05, 4.69) is 5.32 Å². The Balaban J connectivity index is 1.95. The summed E-state index contributed by atoms with van der Waals surface area (Å²) in [5.41, 5.74) is 0.902. The number of nitrogens with one attached hydrogen (secondary N) is 1. The Morgan fingerprint density at radius 3 is 2.40 bits per heavy atom. The van der Waals surface area contributed by atoms with Gasteiger partial charge in [-0.25, -0.2) is 9.59 Å². The van der Waals surface area contributed by atoms with Crippen molar-refractivity contribution in [3.05, 3.63) is 35.9 Å². The highest BCUT2D eigenvalue weighted by molar-refractivity contribution is 5.82. The van der Waals surface area contributed by atoms with E-state index in [4.69, 9.17) is 0 Å². The molecule has 0 saturated carbocycles. The molecule has 1 aliphatic heterocycles. The summed E-state index contributed by atoms with van der Waals surface area (Å²) < 4.78 is 0. The van der Waals surface area contributed by atoms with Gasteiger partial charge in [0.15, 0.2) is 0 Å². The highest BCUT2D eigenvalue weighted by atomic mass is 16.4. The Hall–Kier alpha value is -2.04. The molecule has 0 aromatic heterocycles. The average Bonchev–Trinajstić information content (AvgIpc) is 2.48. The summed E-state index contributed by atoms with van der Waals surface area (Å²) in [7, 11) is 0. The van der Waals surface area contributed by atoms with Crippen molar-refractivity contribution < 1.29 is 14.7 Å². The van der Waals surface area contributed by atoms with E-state index in [1.165, 1.54) is 0 Å². The second-order valence-corrected chi connectivity index (χ2v) is 5.08. The van der Waals surface area contributed by atoms with Gasteiger partial charge in [-0.15, -0.1) is 0 Å². The molecule has 0 bridgehead atoms. The van der Waals surface area contributed by atoms with Crippen LogP contribution < -0.4 is 5.32 Å². The Bertz CT molecular complexity index is 455. The lowest BCUT2D eigenvalue weighted by Gasteiger charge is -2.28. The molecule has 5 nitrogen and oxygen atoms in total. The van der Waals surface area contributed by atoms with Crippen molar-refractivity contribution >= 4 is 12.0 Å². The first-order valence-corrected chi connectivity index (χ1v) is 6.99. The van der Waals surface area contributed by atoms with Crippen molar-refractivity contribution in [2.24, 2.45) is 0 Å². The van der Waals surface area contributed by atoms with E-state index in [1.54, 1.807) is 4.90 Å². The van der Waals surface area contributed by atoms with E-state index in [0.717, 1.165) is 24.8 Å². The van der Waals surface area contributed by atoms with E-state index < -0.39 is 12.0 Å². The fraction of sp³-hybridized carbons (Fsp3) is 0.467. The van der Waals surface area contributed by atoms with Crippen molar-refractivity contribution in [1.82, 2.24) is 10.2 Å². The number of aliphatic carboxylic acids is 1. The molecule has 2 rings (SSSR count). The average molecular weight is 276 g/mol. The van der Waals surface area contributed by atoms with Gasteiger partial charge < -0.3 is 15.3 Å². The summed E-state index contributed by atoms with van der Waals surface area (Å²) in [6.45, 7) is 1.42. The number of nitrogens with zero attached hydrogens (tertiary/aromatic N) is 1. The molecule has 1 atom stereocenters. The fourth-order valence-electron chi connectivity index (χ4n) is 2.39. The maximum Gasteiger partial charge on any atom is 0.326 e. The summed E-state index contributed by atoms with van der Waals surface area (Å²) in [6, 6.07) is 8.18. The van der Waals surface area contributed by atoms with Crippen LogP contribution in [-0.2, 0) is 11.2 Å². The SMILES string of the molecule is O=C(O)[C@@H](Cc1ccccc1)NC(=O)N1CCCCC1. The first-order valence-electron chi connectivity index (χ1n) is 6.99. The lowest BCUT2D eigenvalue weighted by molar-refractivity contribution is -0.139. The van der Waals surface area contributed by atoms with Crippen LogP contribution in [0.5, 0.6) is 0 Å². The number of hydrogen-bond acceptors (Lipinski definition) is 2. The lowest BCUT2D eigenvalue weighted by Crippen LogP contribution is -2.50. The number of carboxylic acid groups (broad SMARTS) is 1. The maximum atomic E-state index is 12.1. The Labute approximate surface area is 118 Å². The molecule has 1 aromatic carbocycles. The van der Waals surface area contributed by atoms with Crippen molar-refractivity contribution in [1.29, 1.82) is 0 Å². The molecule has 1 heterocycles. The second kappa shape index (κ2) is 6.93. The van der Waals surface area contributed by atoms with Crippen LogP contribution in [0.3, 0.4) is 0 Å². The molecule has 1 aromatic rings. The number of amides is 2. The molecular formula is C15H20N2O3. The summed E-state index contributed by atoms with van der Waals surface area (Å²) in [6.07, 6.45) is 3.42. The van der Waals surface area contributed by atoms with Crippen molar-refractivity contribution in [3.8, 4) is 0 Å². The van der Waals surface area contributed by atoms with Crippen LogP contribution >= 0.6 is 0 Å². The molecule has 1 saturated heterocycles. The Kier molecular flexibility index (Phi) is 4.98. The number of rotatable bonds is 4. The summed E-state index contributed by atoms with van der Waals surface area (Å²) in [4.78, 5) is 25.0. The lowest BCUT2D eigenvalue weighted by atomic mass is 10.1. The quantitative estimate of drug-likeness (QED) is 0.882. The molecule has 108 valence electrons. The largest absolute Gasteiger partial charge is 0.480 e. The van der Waals surface area contributed by atoms with Gasteiger partial charge in [-0.3, -0.25) is 0 Å². The fourth-order valence-corrected chi connectivity index (χ4v) is 2.39. The zero-order valence-electron chi connectivity index (χ0n) is 11.4. The number of benzene rings is 1. The molecule has 2 amide bonds. The molecule has 0 aliphatic carbocycles. The van der Waals surface area contributed by atoms with E-state index in [1.807, 2.05) is 30.3 Å². The molecular weight excluding hydrogens is 256 g/mol. The number of carbonyl (C=O) groups is 2. The van der Waals surface area contributed by atoms with E-state index >= 15 is 0 Å². The smallest absolute Gasteiger partial charge is 0.326 e. The van der Waals surface area contributed by atoms with E-state index in [9.17, 15) is 14.7 Å². The molecule has 1 fully saturated rings. The van der Waals surface area contributed by atoms with Crippen molar-refractivity contribution in [2.75, 3.05) is 13.1 Å². The Morgan fingerprint density at radius 1 is 1.15 bits per heavy atom. The predicted octanol–water partition coefficient (Wildman–Crippen LogP) is 1.88. The van der Waals surface area contributed by atoms with Gasteiger partial charge in [-0.05, 0) is 24.8 Å². The van der Waals surface area contributed by atoms with Gasteiger partial charge in [-0.2, -0.15) is 0 Å². The van der Waals surface area contributed by atoms with Gasteiger partial charge in [0.2, 0.25) is 0 Å². The van der Waals surface area contributed by atoms with E-state index in [-0.39, 0.29) is 6.03 Å². The maximum absolute atomic E-state index is 12.1. The van der Waals surface area contributed by atoms with Crippen LogP contribution in [0.1, 0.15) is 24.8 Å². The van der Waals surface area contributed by atoms with Crippen LogP contribution in [0.2, 0.25) is 0 Å².